The maximum atomic E-state index is 11.2. The smallest absolute Gasteiger partial charge is 0.306 e. The minimum atomic E-state index is -1.94. The van der Waals surface area contributed by atoms with Gasteiger partial charge in [-0.2, -0.15) is 0 Å². The number of rotatable bonds is 18. The number of carboxylic acids is 1. The molecule has 6 heteroatoms. The summed E-state index contributed by atoms with van der Waals surface area (Å²) < 4.78 is 14.2. The van der Waals surface area contributed by atoms with E-state index in [1.54, 1.807) is 5.57 Å². The molecular formula is C36H70O4Si2. The minimum Gasteiger partial charge on any atom is -0.481 e. The molecule has 0 aromatic heterocycles. The Morgan fingerprint density at radius 1 is 0.952 bits per heavy atom. The van der Waals surface area contributed by atoms with E-state index in [9.17, 15) is 9.90 Å². The molecule has 1 aliphatic carbocycles. The summed E-state index contributed by atoms with van der Waals surface area (Å²) in [6, 6.07) is 0. The van der Waals surface area contributed by atoms with Crippen molar-refractivity contribution in [2.75, 3.05) is 0 Å². The average Bonchev–Trinajstić information content (AvgIpc) is 3.12. The molecule has 0 aliphatic heterocycles. The van der Waals surface area contributed by atoms with E-state index in [4.69, 9.17) is 8.85 Å². The maximum absolute atomic E-state index is 11.2. The third-order valence-electron chi connectivity index (χ3n) is 10.6. The molecule has 1 N–H and O–H groups in total. The van der Waals surface area contributed by atoms with Crippen LogP contribution in [0.1, 0.15) is 133 Å². The van der Waals surface area contributed by atoms with Crippen LogP contribution in [0, 0.1) is 17.8 Å². The van der Waals surface area contributed by atoms with E-state index < -0.39 is 22.6 Å². The van der Waals surface area contributed by atoms with Crippen LogP contribution >= 0.6 is 0 Å². The third kappa shape index (κ3) is 12.4. The first-order valence-electron chi connectivity index (χ1n) is 17.1. The molecule has 0 bridgehead atoms. The van der Waals surface area contributed by atoms with Crippen molar-refractivity contribution in [1.82, 2.24) is 0 Å². The van der Waals surface area contributed by atoms with Gasteiger partial charge in [0.25, 0.3) is 0 Å². The van der Waals surface area contributed by atoms with Crippen molar-refractivity contribution in [3.63, 3.8) is 0 Å². The number of hydrogen-bond donors (Lipinski definition) is 1. The molecule has 1 aliphatic rings. The standard InChI is InChI=1S/C36H70O4Si2/c1-15-16-20-27(2)25-30(39-41(11,12)35(5,6)7)23-24-32-31(22-19-17-18-21-28(3)34(37)38)29(4)26-33(32)40-42(13,14)36(8,9)10/h23-24,27-28,30,32-33H,15-22,25-26H2,1-14H3,(H,37,38)/t27-,28?,30-,32-,33-/m1/s1. The summed E-state index contributed by atoms with van der Waals surface area (Å²) in [5.74, 6) is -0.0163. The summed E-state index contributed by atoms with van der Waals surface area (Å²) in [4.78, 5) is 11.2. The van der Waals surface area contributed by atoms with Gasteiger partial charge in [-0.15, -0.1) is 0 Å². The van der Waals surface area contributed by atoms with Crippen molar-refractivity contribution >= 4 is 22.6 Å². The first-order chi connectivity index (χ1) is 19.1. The minimum absolute atomic E-state index is 0.130. The maximum Gasteiger partial charge on any atom is 0.306 e. The second kappa shape index (κ2) is 16.6. The molecule has 0 saturated carbocycles. The van der Waals surface area contributed by atoms with Crippen LogP contribution in [0.15, 0.2) is 23.3 Å². The average molecular weight is 623 g/mol. The molecule has 0 spiro atoms. The number of aliphatic carboxylic acids is 1. The Balaban J connectivity index is 3.27. The number of unbranched alkanes of at least 4 members (excludes halogenated alkanes) is 3. The fraction of sp³-hybridized carbons (Fsp3) is 0.861. The first kappa shape index (κ1) is 39.3. The van der Waals surface area contributed by atoms with Crippen molar-refractivity contribution in [2.24, 2.45) is 17.8 Å². The van der Waals surface area contributed by atoms with Crippen molar-refractivity contribution in [2.45, 2.75) is 182 Å². The molecule has 5 atom stereocenters. The highest BCUT2D eigenvalue weighted by atomic mass is 28.4. The zero-order valence-electron chi connectivity index (χ0n) is 30.3. The van der Waals surface area contributed by atoms with Gasteiger partial charge in [0.1, 0.15) is 0 Å². The largest absolute Gasteiger partial charge is 0.481 e. The van der Waals surface area contributed by atoms with Crippen molar-refractivity contribution in [3.8, 4) is 0 Å². The second-order valence-electron chi connectivity index (χ2n) is 16.6. The third-order valence-corrected chi connectivity index (χ3v) is 19.6. The highest BCUT2D eigenvalue weighted by Crippen LogP contribution is 2.45. The van der Waals surface area contributed by atoms with E-state index in [0.29, 0.717) is 5.92 Å². The highest BCUT2D eigenvalue weighted by Gasteiger charge is 2.43. The predicted octanol–water partition coefficient (Wildman–Crippen LogP) is 11.5. The first-order valence-corrected chi connectivity index (χ1v) is 22.9. The van der Waals surface area contributed by atoms with Gasteiger partial charge in [0.2, 0.25) is 0 Å². The van der Waals surface area contributed by atoms with Crippen LogP contribution in [0.4, 0.5) is 0 Å². The summed E-state index contributed by atoms with van der Waals surface area (Å²) >= 11 is 0. The molecule has 4 nitrogen and oxygen atoms in total. The Kier molecular flexibility index (Phi) is 15.5. The fourth-order valence-electron chi connectivity index (χ4n) is 5.46. The summed E-state index contributed by atoms with van der Waals surface area (Å²) in [7, 11) is -3.87. The Morgan fingerprint density at radius 3 is 2.07 bits per heavy atom. The van der Waals surface area contributed by atoms with Crippen LogP contribution in [-0.4, -0.2) is 39.9 Å². The van der Waals surface area contributed by atoms with E-state index >= 15 is 0 Å². The molecular weight excluding hydrogens is 553 g/mol. The zero-order chi connectivity index (χ0) is 32.5. The molecule has 0 amide bonds. The van der Waals surface area contributed by atoms with E-state index in [1.807, 2.05) is 6.92 Å². The summed E-state index contributed by atoms with van der Waals surface area (Å²) in [5, 5.41) is 9.58. The van der Waals surface area contributed by atoms with Crippen LogP contribution in [0.3, 0.4) is 0 Å². The Hall–Kier alpha value is -0.696. The fourth-order valence-corrected chi connectivity index (χ4v) is 8.08. The molecule has 246 valence electrons. The lowest BCUT2D eigenvalue weighted by Gasteiger charge is -2.40. The molecule has 0 aromatic rings. The normalized spacial score (nSPS) is 21.3. The molecule has 0 aromatic carbocycles. The van der Waals surface area contributed by atoms with Gasteiger partial charge in [0, 0.05) is 5.92 Å². The van der Waals surface area contributed by atoms with Gasteiger partial charge in [-0.05, 0) is 81.2 Å². The van der Waals surface area contributed by atoms with E-state index in [0.717, 1.165) is 44.9 Å². The lowest BCUT2D eigenvalue weighted by atomic mass is 9.91. The number of hydrogen-bond acceptors (Lipinski definition) is 3. The quantitative estimate of drug-likeness (QED) is 0.0938. The predicted molar refractivity (Wildman–Crippen MR) is 187 cm³/mol. The molecule has 0 fully saturated rings. The molecule has 1 unspecified atom stereocenters. The van der Waals surface area contributed by atoms with Crippen LogP contribution in [0.25, 0.3) is 0 Å². The second-order valence-corrected chi connectivity index (χ2v) is 26.1. The van der Waals surface area contributed by atoms with Gasteiger partial charge in [0.05, 0.1) is 18.1 Å². The van der Waals surface area contributed by atoms with Gasteiger partial charge in [-0.25, -0.2) is 0 Å². The lowest BCUT2D eigenvalue weighted by molar-refractivity contribution is -0.141. The SMILES string of the molecule is CCCC[C@@H](C)C[C@@H](C=C[C@@H]1C(CCCCCC(C)C(=O)O)=C(C)C[C@H]1O[Si](C)(C)C(C)(C)C)O[Si](C)(C)C(C)(C)C. The van der Waals surface area contributed by atoms with Gasteiger partial charge in [0.15, 0.2) is 16.6 Å². The van der Waals surface area contributed by atoms with Gasteiger partial charge >= 0.3 is 5.97 Å². The van der Waals surface area contributed by atoms with Crippen molar-refractivity contribution in [3.05, 3.63) is 23.3 Å². The molecule has 1 rings (SSSR count). The number of carbonyl (C=O) groups is 1. The van der Waals surface area contributed by atoms with Crippen molar-refractivity contribution in [1.29, 1.82) is 0 Å². The number of carboxylic acid groups (broad SMARTS) is 1. The summed E-state index contributed by atoms with van der Waals surface area (Å²) in [5.41, 5.74) is 3.04. The lowest BCUT2D eigenvalue weighted by Crippen LogP contribution is -2.45. The van der Waals surface area contributed by atoms with Gasteiger partial charge in [-0.1, -0.05) is 118 Å². The van der Waals surface area contributed by atoms with Crippen LogP contribution < -0.4 is 0 Å². The van der Waals surface area contributed by atoms with Crippen molar-refractivity contribution < 1.29 is 18.8 Å². The van der Waals surface area contributed by atoms with Crippen LogP contribution in [-0.2, 0) is 13.6 Å². The van der Waals surface area contributed by atoms with Crippen LogP contribution in [0.5, 0.6) is 0 Å². The van der Waals surface area contributed by atoms with Gasteiger partial charge in [-0.3, -0.25) is 4.79 Å². The topological polar surface area (TPSA) is 55.8 Å². The Labute approximate surface area is 263 Å². The molecule has 0 saturated heterocycles. The Morgan fingerprint density at radius 2 is 1.55 bits per heavy atom. The zero-order valence-corrected chi connectivity index (χ0v) is 32.3. The Bertz CT molecular complexity index is 891. The molecule has 0 heterocycles. The van der Waals surface area contributed by atoms with Gasteiger partial charge < -0.3 is 14.0 Å². The molecule has 42 heavy (non-hydrogen) atoms. The highest BCUT2D eigenvalue weighted by molar-refractivity contribution is 6.74. The van der Waals surface area contributed by atoms with E-state index in [-0.39, 0.29) is 34.1 Å². The van der Waals surface area contributed by atoms with E-state index in [2.05, 4.69) is 101 Å². The monoisotopic (exact) mass is 622 g/mol. The van der Waals surface area contributed by atoms with Crippen LogP contribution in [0.2, 0.25) is 36.3 Å². The summed E-state index contributed by atoms with van der Waals surface area (Å²) in [6.45, 7) is 32.3. The summed E-state index contributed by atoms with van der Waals surface area (Å²) in [6.07, 6.45) is 16.1. The van der Waals surface area contributed by atoms with E-state index in [1.165, 1.54) is 24.8 Å². The molecule has 0 radical (unpaired) electrons.